The second-order valence-corrected chi connectivity index (χ2v) is 8.14. The van der Waals surface area contributed by atoms with Gasteiger partial charge < -0.3 is 5.32 Å². The summed E-state index contributed by atoms with van der Waals surface area (Å²) in [7, 11) is 0. The molecular weight excluding hydrogens is 370 g/mol. The van der Waals surface area contributed by atoms with Gasteiger partial charge in [0.25, 0.3) is 5.78 Å². The van der Waals surface area contributed by atoms with Crippen LogP contribution in [0.25, 0.3) is 5.78 Å². The number of benzene rings is 1. The monoisotopic (exact) mass is 397 g/mol. The van der Waals surface area contributed by atoms with Gasteiger partial charge in [0.1, 0.15) is 0 Å². The fourth-order valence-corrected chi connectivity index (χ4v) is 3.71. The third kappa shape index (κ3) is 4.70. The van der Waals surface area contributed by atoms with Gasteiger partial charge in [-0.1, -0.05) is 48.5 Å². The van der Waals surface area contributed by atoms with Crippen LogP contribution in [-0.4, -0.2) is 37.3 Å². The van der Waals surface area contributed by atoms with Crippen LogP contribution >= 0.6 is 11.8 Å². The van der Waals surface area contributed by atoms with Gasteiger partial charge in [0.2, 0.25) is 11.1 Å². The van der Waals surface area contributed by atoms with Crippen LogP contribution in [0, 0.1) is 20.8 Å². The van der Waals surface area contributed by atoms with E-state index in [1.165, 1.54) is 22.9 Å². The molecule has 0 aliphatic carbocycles. The molecule has 0 aliphatic heterocycles. The zero-order valence-electron chi connectivity index (χ0n) is 17.1. The second kappa shape index (κ2) is 8.73. The first-order valence-corrected chi connectivity index (χ1v) is 10.6. The summed E-state index contributed by atoms with van der Waals surface area (Å²) in [5.41, 5.74) is 5.66. The van der Waals surface area contributed by atoms with Crippen LogP contribution < -0.4 is 5.32 Å². The molecule has 0 radical (unpaired) electrons. The van der Waals surface area contributed by atoms with E-state index in [4.69, 9.17) is 0 Å². The van der Waals surface area contributed by atoms with Crippen molar-refractivity contribution < 1.29 is 4.79 Å². The lowest BCUT2D eigenvalue weighted by molar-refractivity contribution is -0.119. The number of hydrogen-bond acceptors (Lipinski definition) is 5. The van der Waals surface area contributed by atoms with Gasteiger partial charge in [0.15, 0.2) is 0 Å². The molecule has 0 saturated heterocycles. The van der Waals surface area contributed by atoms with Crippen molar-refractivity contribution in [3.8, 4) is 0 Å². The van der Waals surface area contributed by atoms with E-state index in [1.807, 2.05) is 27.7 Å². The molecule has 1 atom stereocenters. The van der Waals surface area contributed by atoms with E-state index >= 15 is 0 Å². The van der Waals surface area contributed by atoms with Crippen molar-refractivity contribution >= 4 is 23.4 Å². The number of rotatable bonds is 7. The molecule has 0 saturated carbocycles. The molecule has 0 spiro atoms. The first-order valence-electron chi connectivity index (χ1n) is 9.58. The van der Waals surface area contributed by atoms with E-state index in [0.717, 1.165) is 29.8 Å². The van der Waals surface area contributed by atoms with Crippen LogP contribution in [0.5, 0.6) is 0 Å². The average molecular weight is 398 g/mol. The van der Waals surface area contributed by atoms with Gasteiger partial charge in [-0.25, -0.2) is 9.50 Å². The van der Waals surface area contributed by atoms with Gasteiger partial charge in [-0.3, -0.25) is 4.79 Å². The predicted molar refractivity (Wildman–Crippen MR) is 113 cm³/mol. The van der Waals surface area contributed by atoms with Crippen molar-refractivity contribution in [2.45, 2.75) is 58.7 Å². The minimum absolute atomic E-state index is 0.000737. The summed E-state index contributed by atoms with van der Waals surface area (Å²) < 4.78 is 1.78. The van der Waals surface area contributed by atoms with Gasteiger partial charge in [0.05, 0.1) is 5.75 Å². The van der Waals surface area contributed by atoms with E-state index in [9.17, 15) is 4.79 Å². The molecule has 2 aromatic heterocycles. The molecule has 1 aromatic carbocycles. The third-order valence-electron chi connectivity index (χ3n) is 4.85. The van der Waals surface area contributed by atoms with Crippen molar-refractivity contribution in [1.82, 2.24) is 24.9 Å². The van der Waals surface area contributed by atoms with Crippen molar-refractivity contribution in [3.63, 3.8) is 0 Å². The number of carbonyl (C=O) groups is 1. The van der Waals surface area contributed by atoms with Crippen LogP contribution in [0.1, 0.15) is 48.3 Å². The number of hydrogen-bond donors (Lipinski definition) is 1. The molecule has 148 valence electrons. The standard InChI is InChI=1S/C21H27N5OS/c1-6-14(3)22-19(27)12-28-21-24-20-23-15(4)18(16(5)26(20)25-21)11-17-9-7-8-13(2)10-17/h7-10,14H,6,11-12H2,1-5H3,(H,22,27)/t14-/m1/s1. The summed E-state index contributed by atoms with van der Waals surface area (Å²) in [5, 5.41) is 8.10. The van der Waals surface area contributed by atoms with Gasteiger partial charge >= 0.3 is 0 Å². The zero-order chi connectivity index (χ0) is 20.3. The minimum Gasteiger partial charge on any atom is -0.353 e. The topological polar surface area (TPSA) is 72.2 Å². The third-order valence-corrected chi connectivity index (χ3v) is 5.68. The van der Waals surface area contributed by atoms with E-state index in [-0.39, 0.29) is 11.9 Å². The lowest BCUT2D eigenvalue weighted by atomic mass is 10.0. The fourth-order valence-electron chi connectivity index (χ4n) is 3.08. The van der Waals surface area contributed by atoms with Crippen LogP contribution in [0.3, 0.4) is 0 Å². The van der Waals surface area contributed by atoms with Crippen LogP contribution in [0.4, 0.5) is 0 Å². The van der Waals surface area contributed by atoms with Crippen molar-refractivity contribution in [2.24, 2.45) is 0 Å². The van der Waals surface area contributed by atoms with Crippen molar-refractivity contribution in [3.05, 3.63) is 52.3 Å². The van der Waals surface area contributed by atoms with Crippen LogP contribution in [-0.2, 0) is 11.2 Å². The highest BCUT2D eigenvalue weighted by atomic mass is 32.2. The molecule has 28 heavy (non-hydrogen) atoms. The minimum atomic E-state index is -0.000737. The van der Waals surface area contributed by atoms with Gasteiger partial charge in [-0.15, -0.1) is 5.10 Å². The maximum absolute atomic E-state index is 12.0. The SMILES string of the molecule is CC[C@@H](C)NC(=O)CSc1nc2nc(C)c(Cc3cccc(C)c3)c(C)n2n1. The lowest BCUT2D eigenvalue weighted by Crippen LogP contribution is -2.33. The Balaban J connectivity index is 1.80. The predicted octanol–water partition coefficient (Wildman–Crippen LogP) is 3.65. The normalized spacial score (nSPS) is 12.3. The Morgan fingerprint density at radius 3 is 2.75 bits per heavy atom. The molecule has 0 aliphatic rings. The molecule has 2 heterocycles. The highest BCUT2D eigenvalue weighted by Gasteiger charge is 2.15. The molecule has 0 fully saturated rings. The first-order chi connectivity index (χ1) is 13.4. The molecular formula is C21H27N5OS. The molecule has 6 nitrogen and oxygen atoms in total. The van der Waals surface area contributed by atoms with E-state index in [1.54, 1.807) is 4.52 Å². The number of thioether (sulfide) groups is 1. The lowest BCUT2D eigenvalue weighted by Gasteiger charge is -2.10. The first kappa shape index (κ1) is 20.3. The average Bonchev–Trinajstić information content (AvgIpc) is 3.06. The summed E-state index contributed by atoms with van der Waals surface area (Å²) in [6.07, 6.45) is 1.72. The highest BCUT2D eigenvalue weighted by molar-refractivity contribution is 7.99. The molecule has 7 heteroatoms. The van der Waals surface area contributed by atoms with E-state index < -0.39 is 0 Å². The second-order valence-electron chi connectivity index (χ2n) is 7.20. The summed E-state index contributed by atoms with van der Waals surface area (Å²) in [4.78, 5) is 21.1. The van der Waals surface area contributed by atoms with Gasteiger partial charge in [0, 0.05) is 23.9 Å². The Kier molecular flexibility index (Phi) is 6.34. The molecule has 3 rings (SSSR count). The van der Waals surface area contributed by atoms with Crippen molar-refractivity contribution in [2.75, 3.05) is 5.75 Å². The fraction of sp³-hybridized carbons (Fsp3) is 0.429. The van der Waals surface area contributed by atoms with E-state index in [0.29, 0.717) is 16.7 Å². The Morgan fingerprint density at radius 1 is 1.25 bits per heavy atom. The number of aromatic nitrogens is 4. The summed E-state index contributed by atoms with van der Waals surface area (Å²) in [6, 6.07) is 8.69. The Hall–Kier alpha value is -2.41. The quantitative estimate of drug-likeness (QED) is 0.616. The molecule has 1 N–H and O–H groups in total. The molecule has 0 bridgehead atoms. The Labute approximate surface area is 170 Å². The number of nitrogens with one attached hydrogen (secondary N) is 1. The van der Waals surface area contributed by atoms with Gasteiger partial charge in [-0.2, -0.15) is 4.98 Å². The highest BCUT2D eigenvalue weighted by Crippen LogP contribution is 2.21. The maximum Gasteiger partial charge on any atom is 0.253 e. The summed E-state index contributed by atoms with van der Waals surface area (Å²) >= 11 is 1.34. The summed E-state index contributed by atoms with van der Waals surface area (Å²) in [5.74, 6) is 0.877. The van der Waals surface area contributed by atoms with Crippen LogP contribution in [0.15, 0.2) is 29.4 Å². The smallest absolute Gasteiger partial charge is 0.253 e. The molecule has 1 amide bonds. The molecule has 3 aromatic rings. The largest absolute Gasteiger partial charge is 0.353 e. The zero-order valence-corrected chi connectivity index (χ0v) is 17.9. The van der Waals surface area contributed by atoms with Crippen LogP contribution in [0.2, 0.25) is 0 Å². The molecule has 0 unspecified atom stereocenters. The number of nitrogens with zero attached hydrogens (tertiary/aromatic N) is 4. The maximum atomic E-state index is 12.0. The Bertz CT molecular complexity index is 998. The number of fused-ring (bicyclic) bond motifs is 1. The Morgan fingerprint density at radius 2 is 2.04 bits per heavy atom. The van der Waals surface area contributed by atoms with Gasteiger partial charge in [-0.05, 0) is 45.2 Å². The number of aryl methyl sites for hydroxylation is 3. The van der Waals surface area contributed by atoms with Crippen molar-refractivity contribution in [1.29, 1.82) is 0 Å². The van der Waals surface area contributed by atoms with E-state index in [2.05, 4.69) is 51.6 Å². The number of amides is 1. The number of carbonyl (C=O) groups excluding carboxylic acids is 1. The summed E-state index contributed by atoms with van der Waals surface area (Å²) in [6.45, 7) is 10.2.